The number of allylic oxidation sites excluding steroid dienone is 4. The van der Waals surface area contributed by atoms with Crippen LogP contribution in [0.2, 0.25) is 0 Å². The van der Waals surface area contributed by atoms with E-state index in [4.69, 9.17) is 0 Å². The second kappa shape index (κ2) is 8.66. The van der Waals surface area contributed by atoms with Gasteiger partial charge in [-0.2, -0.15) is 0 Å². The van der Waals surface area contributed by atoms with Crippen LogP contribution in [0.3, 0.4) is 0 Å². The van der Waals surface area contributed by atoms with Crippen LogP contribution in [0, 0.1) is 6.92 Å². The minimum Gasteiger partial charge on any atom is -0.0614 e. The molecule has 0 saturated heterocycles. The van der Waals surface area contributed by atoms with Crippen molar-refractivity contribution < 1.29 is 0 Å². The highest BCUT2D eigenvalue weighted by atomic mass is 127. The number of halogens is 1. The first-order valence-corrected chi connectivity index (χ1v) is 8.83. The minimum absolute atomic E-state index is 1.10. The van der Waals surface area contributed by atoms with E-state index in [2.05, 4.69) is 81.5 Å². The fraction of sp³-hybridized carbons (Fsp3) is 0.474. The number of rotatable bonds is 6. The molecule has 1 heteroatoms. The third kappa shape index (κ3) is 4.21. The maximum atomic E-state index is 2.53. The maximum Gasteiger partial charge on any atom is -0.00620 e. The van der Waals surface area contributed by atoms with Crippen molar-refractivity contribution in [2.75, 3.05) is 0 Å². The van der Waals surface area contributed by atoms with Gasteiger partial charge in [-0.05, 0) is 81.1 Å². The Kier molecular flexibility index (Phi) is 7.57. The van der Waals surface area contributed by atoms with Gasteiger partial charge < -0.3 is 0 Å². The molecule has 1 rings (SSSR count). The Morgan fingerprint density at radius 2 is 1.55 bits per heavy atom. The summed E-state index contributed by atoms with van der Waals surface area (Å²) in [5.74, 6) is 0. The number of hydrogen-bond acceptors (Lipinski definition) is 0. The Bertz CT molecular complexity index is 506. The third-order valence-corrected chi connectivity index (χ3v) is 5.21. The van der Waals surface area contributed by atoms with Crippen molar-refractivity contribution in [1.29, 1.82) is 0 Å². The fourth-order valence-corrected chi connectivity index (χ4v) is 3.52. The Labute approximate surface area is 138 Å². The van der Waals surface area contributed by atoms with Gasteiger partial charge in [0.25, 0.3) is 0 Å². The number of hydrogen-bond donors (Lipinski definition) is 0. The third-order valence-electron chi connectivity index (χ3n) is 3.79. The molecule has 0 aliphatic carbocycles. The molecule has 0 aromatic heterocycles. The Morgan fingerprint density at radius 3 is 2.00 bits per heavy atom. The van der Waals surface area contributed by atoms with Gasteiger partial charge >= 0.3 is 0 Å². The highest BCUT2D eigenvalue weighted by Gasteiger charge is 2.12. The number of aryl methyl sites for hydroxylation is 1. The van der Waals surface area contributed by atoms with Gasteiger partial charge in [0.05, 0.1) is 0 Å². The predicted molar refractivity (Wildman–Crippen MR) is 100 cm³/mol. The molecule has 0 aliphatic rings. The molecule has 0 nitrogen and oxygen atoms in total. The molecular weight excluding hydrogens is 355 g/mol. The van der Waals surface area contributed by atoms with Crippen LogP contribution in [0.5, 0.6) is 0 Å². The molecule has 0 amide bonds. The second-order valence-corrected chi connectivity index (χ2v) is 6.43. The monoisotopic (exact) mass is 382 g/mol. The molecular formula is C19H27I. The lowest BCUT2D eigenvalue weighted by atomic mass is 9.89. The molecule has 110 valence electrons. The largest absolute Gasteiger partial charge is 0.0614 e. The van der Waals surface area contributed by atoms with Crippen LogP contribution in [0.4, 0.5) is 0 Å². The summed E-state index contributed by atoms with van der Waals surface area (Å²) in [4.78, 5) is 0. The summed E-state index contributed by atoms with van der Waals surface area (Å²) in [5, 5.41) is 0. The van der Waals surface area contributed by atoms with Crippen molar-refractivity contribution >= 4 is 28.2 Å². The van der Waals surface area contributed by atoms with Gasteiger partial charge in [-0.15, -0.1) is 0 Å². The summed E-state index contributed by atoms with van der Waals surface area (Å²) >= 11 is 2.53. The van der Waals surface area contributed by atoms with Crippen molar-refractivity contribution in [3.63, 3.8) is 0 Å². The molecule has 1 aromatic carbocycles. The van der Waals surface area contributed by atoms with Crippen molar-refractivity contribution in [3.05, 3.63) is 50.1 Å². The molecule has 0 spiro atoms. The zero-order valence-electron chi connectivity index (χ0n) is 13.5. The first-order chi connectivity index (χ1) is 9.58. The topological polar surface area (TPSA) is 0 Å². The van der Waals surface area contributed by atoms with E-state index in [1.165, 1.54) is 20.3 Å². The lowest BCUT2D eigenvalue weighted by molar-refractivity contribution is 0.990. The number of benzene rings is 1. The summed E-state index contributed by atoms with van der Waals surface area (Å²) in [6, 6.07) is 8.93. The van der Waals surface area contributed by atoms with Crippen LogP contribution in [0.25, 0.3) is 5.57 Å². The molecule has 1 aromatic rings. The van der Waals surface area contributed by atoms with E-state index < -0.39 is 0 Å². The van der Waals surface area contributed by atoms with Gasteiger partial charge in [-0.1, -0.05) is 57.5 Å². The van der Waals surface area contributed by atoms with Gasteiger partial charge in [0, 0.05) is 0 Å². The van der Waals surface area contributed by atoms with Crippen molar-refractivity contribution in [1.82, 2.24) is 0 Å². The van der Waals surface area contributed by atoms with Gasteiger partial charge in [0.2, 0.25) is 0 Å². The van der Waals surface area contributed by atoms with Crippen LogP contribution in [0.15, 0.2) is 39.0 Å². The lowest BCUT2D eigenvalue weighted by Crippen LogP contribution is -1.97. The lowest BCUT2D eigenvalue weighted by Gasteiger charge is -2.18. The van der Waals surface area contributed by atoms with Gasteiger partial charge in [0.15, 0.2) is 0 Å². The van der Waals surface area contributed by atoms with Gasteiger partial charge in [0.1, 0.15) is 0 Å². The molecule has 0 atom stereocenters. The van der Waals surface area contributed by atoms with E-state index >= 15 is 0 Å². The SMILES string of the molecule is CC/C(I)=C(CC)/C(CC)=C(/CC)c1cccc(C)c1. The van der Waals surface area contributed by atoms with Crippen LogP contribution in [-0.4, -0.2) is 0 Å². The zero-order valence-corrected chi connectivity index (χ0v) is 15.7. The van der Waals surface area contributed by atoms with E-state index in [9.17, 15) is 0 Å². The maximum absolute atomic E-state index is 2.53. The Hall–Kier alpha value is -0.570. The van der Waals surface area contributed by atoms with Crippen LogP contribution in [0.1, 0.15) is 64.5 Å². The van der Waals surface area contributed by atoms with Gasteiger partial charge in [-0.25, -0.2) is 0 Å². The van der Waals surface area contributed by atoms with Crippen molar-refractivity contribution in [2.45, 2.75) is 60.3 Å². The molecule has 0 aliphatic heterocycles. The molecule has 0 fully saturated rings. The van der Waals surface area contributed by atoms with Crippen molar-refractivity contribution in [2.24, 2.45) is 0 Å². The Balaban J connectivity index is 3.48. The molecule has 0 bridgehead atoms. The molecule has 20 heavy (non-hydrogen) atoms. The summed E-state index contributed by atoms with van der Waals surface area (Å²) in [6.07, 6.45) is 4.49. The highest BCUT2D eigenvalue weighted by Crippen LogP contribution is 2.34. The van der Waals surface area contributed by atoms with Crippen LogP contribution in [-0.2, 0) is 0 Å². The summed E-state index contributed by atoms with van der Waals surface area (Å²) in [5.41, 5.74) is 7.39. The standard InChI is InChI=1S/C19H27I/c1-6-16(15-12-10-11-14(5)13-15)17(7-2)18(8-3)19(20)9-4/h10-13H,6-9H2,1-5H3/b17-16-,19-18-. The van der Waals surface area contributed by atoms with Crippen LogP contribution >= 0.6 is 22.6 Å². The highest BCUT2D eigenvalue weighted by molar-refractivity contribution is 14.1. The van der Waals surface area contributed by atoms with E-state index in [0.717, 1.165) is 25.7 Å². The average Bonchev–Trinajstić information content (AvgIpc) is 2.46. The summed E-state index contributed by atoms with van der Waals surface area (Å²) < 4.78 is 1.51. The predicted octanol–water partition coefficient (Wildman–Crippen LogP) is 7.08. The summed E-state index contributed by atoms with van der Waals surface area (Å²) in [7, 11) is 0. The zero-order chi connectivity index (χ0) is 15.1. The normalized spacial score (nSPS) is 13.9. The average molecular weight is 382 g/mol. The molecule has 0 saturated carbocycles. The smallest absolute Gasteiger partial charge is 0.00620 e. The summed E-state index contributed by atoms with van der Waals surface area (Å²) in [6.45, 7) is 11.3. The molecule has 0 radical (unpaired) electrons. The quantitative estimate of drug-likeness (QED) is 0.364. The minimum atomic E-state index is 1.10. The molecule has 0 heterocycles. The first-order valence-electron chi connectivity index (χ1n) is 7.75. The fourth-order valence-electron chi connectivity index (χ4n) is 2.82. The van der Waals surface area contributed by atoms with Crippen LogP contribution < -0.4 is 0 Å². The van der Waals surface area contributed by atoms with E-state index in [1.54, 1.807) is 11.1 Å². The Morgan fingerprint density at radius 1 is 0.900 bits per heavy atom. The van der Waals surface area contributed by atoms with E-state index in [1.807, 2.05) is 0 Å². The van der Waals surface area contributed by atoms with Gasteiger partial charge in [-0.3, -0.25) is 0 Å². The molecule has 0 unspecified atom stereocenters. The van der Waals surface area contributed by atoms with E-state index in [0.29, 0.717) is 0 Å². The van der Waals surface area contributed by atoms with Crippen molar-refractivity contribution in [3.8, 4) is 0 Å². The van der Waals surface area contributed by atoms with E-state index in [-0.39, 0.29) is 0 Å². The first kappa shape index (κ1) is 17.5. The molecule has 0 N–H and O–H groups in total. The second-order valence-electron chi connectivity index (χ2n) is 5.12.